The van der Waals surface area contributed by atoms with Crippen LogP contribution in [0.3, 0.4) is 0 Å². The van der Waals surface area contributed by atoms with Gasteiger partial charge in [-0.15, -0.1) is 0 Å². The first-order valence-corrected chi connectivity index (χ1v) is 5.92. The highest BCUT2D eigenvalue weighted by Gasteiger charge is 2.40. The van der Waals surface area contributed by atoms with Gasteiger partial charge in [0.2, 0.25) is 0 Å². The second-order valence-corrected chi connectivity index (χ2v) is 4.07. The summed E-state index contributed by atoms with van der Waals surface area (Å²) in [5.74, 6) is -1.06. The molecule has 0 aliphatic carbocycles. The van der Waals surface area contributed by atoms with Crippen molar-refractivity contribution in [3.05, 3.63) is 39.4 Å². The van der Waals surface area contributed by atoms with E-state index >= 15 is 0 Å². The van der Waals surface area contributed by atoms with Crippen molar-refractivity contribution in [1.29, 1.82) is 0 Å². The third-order valence-corrected chi connectivity index (χ3v) is 2.94. The molecule has 0 bridgehead atoms. The van der Waals surface area contributed by atoms with E-state index < -0.39 is 16.7 Å². The topological polar surface area (TPSA) is 92.6 Å². The summed E-state index contributed by atoms with van der Waals surface area (Å²) in [5, 5.41) is 13.9. The van der Waals surface area contributed by atoms with Crippen molar-refractivity contribution < 1.29 is 14.5 Å². The van der Waals surface area contributed by atoms with Crippen LogP contribution in [0.2, 0.25) is 0 Å². The van der Waals surface area contributed by atoms with Gasteiger partial charge in [0.15, 0.2) is 0 Å². The molecule has 1 aromatic carbocycles. The quantitative estimate of drug-likeness (QED) is 0.367. The van der Waals surface area contributed by atoms with Crippen LogP contribution in [-0.2, 0) is 0 Å². The van der Waals surface area contributed by atoms with Crippen molar-refractivity contribution in [2.24, 2.45) is 0 Å². The van der Waals surface area contributed by atoms with Crippen molar-refractivity contribution in [2.45, 2.75) is 6.92 Å². The van der Waals surface area contributed by atoms with Gasteiger partial charge in [0.25, 0.3) is 17.5 Å². The van der Waals surface area contributed by atoms with E-state index in [9.17, 15) is 19.7 Å². The standard InChI is InChI=1S/C12H13N3O4/c1-2-13-6-7-14-11(16)8-4-3-5-9(15(18)19)10(8)12(14)17/h3-5,13H,2,6-7H2,1H3. The van der Waals surface area contributed by atoms with E-state index in [-0.39, 0.29) is 23.4 Å². The average molecular weight is 263 g/mol. The first kappa shape index (κ1) is 13.2. The fourth-order valence-corrected chi connectivity index (χ4v) is 2.04. The van der Waals surface area contributed by atoms with E-state index in [1.54, 1.807) is 0 Å². The summed E-state index contributed by atoms with van der Waals surface area (Å²) >= 11 is 0. The number of nitro groups is 1. The number of amides is 2. The van der Waals surface area contributed by atoms with Crippen LogP contribution < -0.4 is 5.32 Å². The van der Waals surface area contributed by atoms with Gasteiger partial charge in [-0.2, -0.15) is 0 Å². The molecule has 1 N–H and O–H groups in total. The Bertz CT molecular complexity index is 556. The molecule has 0 saturated carbocycles. The second kappa shape index (κ2) is 5.15. The second-order valence-electron chi connectivity index (χ2n) is 4.07. The number of fused-ring (bicyclic) bond motifs is 1. The lowest BCUT2D eigenvalue weighted by molar-refractivity contribution is -0.385. The molecule has 1 aliphatic heterocycles. The fraction of sp³-hybridized carbons (Fsp3) is 0.333. The molecule has 0 atom stereocenters. The van der Waals surface area contributed by atoms with E-state index in [2.05, 4.69) is 5.32 Å². The van der Waals surface area contributed by atoms with Crippen LogP contribution in [0.4, 0.5) is 5.69 Å². The first-order chi connectivity index (χ1) is 9.07. The molecule has 7 nitrogen and oxygen atoms in total. The molecule has 0 spiro atoms. The number of rotatable bonds is 5. The monoisotopic (exact) mass is 263 g/mol. The number of carbonyl (C=O) groups excluding carboxylic acids is 2. The maximum atomic E-state index is 12.1. The Morgan fingerprint density at radius 3 is 2.68 bits per heavy atom. The summed E-state index contributed by atoms with van der Waals surface area (Å²) in [5.41, 5.74) is -0.313. The first-order valence-electron chi connectivity index (χ1n) is 5.92. The zero-order valence-electron chi connectivity index (χ0n) is 10.4. The van der Waals surface area contributed by atoms with Gasteiger partial charge in [0.1, 0.15) is 5.56 Å². The molecule has 7 heteroatoms. The number of likely N-dealkylation sites (N-methyl/N-ethyl adjacent to an activating group) is 1. The van der Waals surface area contributed by atoms with Gasteiger partial charge >= 0.3 is 0 Å². The zero-order chi connectivity index (χ0) is 14.0. The fourth-order valence-electron chi connectivity index (χ4n) is 2.04. The Morgan fingerprint density at radius 2 is 2.05 bits per heavy atom. The summed E-state index contributed by atoms with van der Waals surface area (Å²) in [7, 11) is 0. The molecule has 0 saturated heterocycles. The third kappa shape index (κ3) is 2.19. The van der Waals surface area contributed by atoms with Crippen molar-refractivity contribution in [1.82, 2.24) is 10.2 Å². The molecule has 1 heterocycles. The highest BCUT2D eigenvalue weighted by molar-refractivity contribution is 6.23. The largest absolute Gasteiger partial charge is 0.315 e. The molecule has 2 amide bonds. The Balaban J connectivity index is 2.33. The number of nitro benzene ring substituents is 1. The molecule has 1 aliphatic rings. The predicted molar refractivity (Wildman–Crippen MR) is 67.0 cm³/mol. The van der Waals surface area contributed by atoms with Gasteiger partial charge in [0.05, 0.1) is 10.5 Å². The summed E-state index contributed by atoms with van der Waals surface area (Å²) in [6.07, 6.45) is 0. The maximum Gasteiger partial charge on any atom is 0.282 e. The van der Waals surface area contributed by atoms with Gasteiger partial charge in [-0.25, -0.2) is 0 Å². The van der Waals surface area contributed by atoms with Crippen LogP contribution in [0.5, 0.6) is 0 Å². The predicted octanol–water partition coefficient (Wildman–Crippen LogP) is 0.800. The number of carbonyl (C=O) groups is 2. The summed E-state index contributed by atoms with van der Waals surface area (Å²) in [4.78, 5) is 35.4. The molecular weight excluding hydrogens is 250 g/mol. The number of hydrogen-bond acceptors (Lipinski definition) is 5. The van der Waals surface area contributed by atoms with Crippen LogP contribution in [0.15, 0.2) is 18.2 Å². The minimum atomic E-state index is -0.641. The van der Waals surface area contributed by atoms with Gasteiger partial charge in [-0.1, -0.05) is 13.0 Å². The Hall–Kier alpha value is -2.28. The Kier molecular flexibility index (Phi) is 3.57. The summed E-state index contributed by atoms with van der Waals surface area (Å²) in [6.45, 7) is 3.31. The van der Waals surface area contributed by atoms with Crippen LogP contribution in [-0.4, -0.2) is 41.3 Å². The lowest BCUT2D eigenvalue weighted by atomic mass is 10.1. The Labute approximate surface area is 109 Å². The lowest BCUT2D eigenvalue weighted by Crippen LogP contribution is -2.36. The molecule has 0 radical (unpaired) electrons. The van der Waals surface area contributed by atoms with E-state index in [1.165, 1.54) is 18.2 Å². The SMILES string of the molecule is CCNCCN1C(=O)c2cccc([N+](=O)[O-])c2C1=O. The minimum Gasteiger partial charge on any atom is -0.315 e. The van der Waals surface area contributed by atoms with E-state index in [0.29, 0.717) is 6.54 Å². The van der Waals surface area contributed by atoms with Crippen LogP contribution >= 0.6 is 0 Å². The van der Waals surface area contributed by atoms with E-state index in [0.717, 1.165) is 11.4 Å². The van der Waals surface area contributed by atoms with Crippen molar-refractivity contribution in [2.75, 3.05) is 19.6 Å². The lowest BCUT2D eigenvalue weighted by Gasteiger charge is -2.13. The highest BCUT2D eigenvalue weighted by atomic mass is 16.6. The molecule has 1 aromatic rings. The highest BCUT2D eigenvalue weighted by Crippen LogP contribution is 2.30. The van der Waals surface area contributed by atoms with Crippen molar-refractivity contribution in [3.8, 4) is 0 Å². The number of benzene rings is 1. The molecule has 2 rings (SSSR count). The normalized spacial score (nSPS) is 13.8. The van der Waals surface area contributed by atoms with Crippen molar-refractivity contribution >= 4 is 17.5 Å². The van der Waals surface area contributed by atoms with E-state index in [1.807, 2.05) is 6.92 Å². The maximum absolute atomic E-state index is 12.1. The molecule has 0 fully saturated rings. The van der Waals surface area contributed by atoms with Crippen LogP contribution in [0, 0.1) is 10.1 Å². The number of hydrogen-bond donors (Lipinski definition) is 1. The zero-order valence-corrected chi connectivity index (χ0v) is 10.4. The molecule has 100 valence electrons. The summed E-state index contributed by atoms with van der Waals surface area (Å²) in [6, 6.07) is 4.09. The van der Waals surface area contributed by atoms with Gasteiger partial charge in [-0.3, -0.25) is 24.6 Å². The Morgan fingerprint density at radius 1 is 1.32 bits per heavy atom. The smallest absolute Gasteiger partial charge is 0.282 e. The minimum absolute atomic E-state index is 0.103. The number of nitrogens with one attached hydrogen (secondary N) is 1. The van der Waals surface area contributed by atoms with Gasteiger partial charge in [0, 0.05) is 19.2 Å². The van der Waals surface area contributed by atoms with Gasteiger partial charge in [-0.05, 0) is 12.6 Å². The number of imide groups is 1. The van der Waals surface area contributed by atoms with Crippen molar-refractivity contribution in [3.63, 3.8) is 0 Å². The van der Waals surface area contributed by atoms with Crippen LogP contribution in [0.1, 0.15) is 27.6 Å². The molecular formula is C12H13N3O4. The summed E-state index contributed by atoms with van der Waals surface area (Å²) < 4.78 is 0. The number of nitrogens with zero attached hydrogens (tertiary/aromatic N) is 2. The molecule has 0 aromatic heterocycles. The van der Waals surface area contributed by atoms with E-state index in [4.69, 9.17) is 0 Å². The van der Waals surface area contributed by atoms with Crippen LogP contribution in [0.25, 0.3) is 0 Å². The average Bonchev–Trinajstić information content (AvgIpc) is 2.64. The molecule has 0 unspecified atom stereocenters. The third-order valence-electron chi connectivity index (χ3n) is 2.94. The van der Waals surface area contributed by atoms with Gasteiger partial charge < -0.3 is 5.32 Å². The molecule has 19 heavy (non-hydrogen) atoms.